The Morgan fingerprint density at radius 2 is 1.94 bits per heavy atom. The topological polar surface area (TPSA) is 82.6 Å². The molecule has 1 fully saturated rings. The molecule has 1 aromatic heterocycles. The van der Waals surface area contributed by atoms with Crippen molar-refractivity contribution < 1.29 is 14.3 Å². The fourth-order valence-electron chi connectivity index (χ4n) is 2.23. The Labute approximate surface area is 105 Å². The number of likely N-dealkylation sites (tertiary alicyclic amines) is 1. The van der Waals surface area contributed by atoms with E-state index >= 15 is 0 Å². The maximum absolute atomic E-state index is 12.3. The lowest BCUT2D eigenvalue weighted by Crippen LogP contribution is -2.32. The highest BCUT2D eigenvalue weighted by Crippen LogP contribution is 2.20. The molecule has 1 aliphatic rings. The Morgan fingerprint density at radius 1 is 1.39 bits per heavy atom. The van der Waals surface area contributed by atoms with E-state index in [0.717, 1.165) is 0 Å². The van der Waals surface area contributed by atoms with Crippen LogP contribution in [0.5, 0.6) is 0 Å². The van der Waals surface area contributed by atoms with Crippen molar-refractivity contribution >= 4 is 11.6 Å². The lowest BCUT2D eigenvalue weighted by atomic mass is 10.3. The van der Waals surface area contributed by atoms with E-state index in [9.17, 15) is 4.79 Å². The molecular weight excluding hydrogens is 236 g/mol. The molecule has 1 saturated heterocycles. The molecule has 1 amide bonds. The molecule has 2 rings (SSSR count). The Hall–Kier alpha value is -1.60. The fraction of sp³-hybridized carbons (Fsp3) is 0.636. The number of hydrogen-bond acceptors (Lipinski definition) is 5. The summed E-state index contributed by atoms with van der Waals surface area (Å²) in [4.78, 5) is 14.0. The summed E-state index contributed by atoms with van der Waals surface area (Å²) in [6, 6.07) is 0. The number of ether oxygens (including phenoxy) is 2. The largest absolute Gasteiger partial charge is 0.396 e. The minimum absolute atomic E-state index is 0.103. The van der Waals surface area contributed by atoms with Gasteiger partial charge < -0.3 is 20.1 Å². The molecule has 2 N–H and O–H groups in total. The molecule has 7 nitrogen and oxygen atoms in total. The number of nitrogens with two attached hydrogens (primary N) is 1. The van der Waals surface area contributed by atoms with Crippen molar-refractivity contribution in [2.24, 2.45) is 7.05 Å². The quantitative estimate of drug-likeness (QED) is 0.785. The minimum Gasteiger partial charge on any atom is -0.396 e. The van der Waals surface area contributed by atoms with Crippen molar-refractivity contribution in [3.63, 3.8) is 0 Å². The van der Waals surface area contributed by atoms with Crippen LogP contribution in [0, 0.1) is 0 Å². The summed E-state index contributed by atoms with van der Waals surface area (Å²) in [5.41, 5.74) is 6.54. The van der Waals surface area contributed by atoms with Gasteiger partial charge in [0, 0.05) is 34.4 Å². The van der Waals surface area contributed by atoms with E-state index in [1.165, 1.54) is 10.9 Å². The van der Waals surface area contributed by atoms with Crippen LogP contribution in [0.4, 0.5) is 5.69 Å². The zero-order valence-electron chi connectivity index (χ0n) is 10.8. The van der Waals surface area contributed by atoms with Crippen molar-refractivity contribution in [1.29, 1.82) is 0 Å². The van der Waals surface area contributed by atoms with Crippen LogP contribution in [-0.4, -0.2) is 60.1 Å². The van der Waals surface area contributed by atoms with Gasteiger partial charge in [0.1, 0.15) is 17.9 Å². The Balaban J connectivity index is 2.17. The highest BCUT2D eigenvalue weighted by atomic mass is 16.5. The van der Waals surface area contributed by atoms with Crippen molar-refractivity contribution in [2.75, 3.05) is 33.0 Å². The first-order valence-corrected chi connectivity index (χ1v) is 5.70. The predicted octanol–water partition coefficient (Wildman–Crippen LogP) is -0.512. The molecule has 2 heterocycles. The van der Waals surface area contributed by atoms with Crippen molar-refractivity contribution in [3.05, 3.63) is 11.9 Å². The molecule has 0 saturated carbocycles. The number of nitrogens with zero attached hydrogens (tertiary/aromatic N) is 3. The van der Waals surface area contributed by atoms with Gasteiger partial charge in [-0.2, -0.15) is 5.10 Å². The average Bonchev–Trinajstić information content (AvgIpc) is 2.92. The molecule has 18 heavy (non-hydrogen) atoms. The molecule has 0 aliphatic carbocycles. The van der Waals surface area contributed by atoms with Crippen LogP contribution < -0.4 is 5.73 Å². The van der Waals surface area contributed by atoms with E-state index in [1.807, 2.05) is 0 Å². The maximum Gasteiger partial charge on any atom is 0.274 e. The average molecular weight is 254 g/mol. The van der Waals surface area contributed by atoms with Gasteiger partial charge in [-0.05, 0) is 0 Å². The second-order valence-corrected chi connectivity index (χ2v) is 4.33. The number of aromatic nitrogens is 2. The third-order valence-corrected chi connectivity index (χ3v) is 3.28. The highest BCUT2D eigenvalue weighted by Gasteiger charge is 2.37. The lowest BCUT2D eigenvalue weighted by Gasteiger charge is -2.16. The SMILES string of the molecule is COC1CN(C(=O)c2c(N)cnn2C)CC1OC. The number of anilines is 1. The molecule has 2 atom stereocenters. The number of rotatable bonds is 3. The first kappa shape index (κ1) is 12.8. The molecule has 0 spiro atoms. The first-order chi connectivity index (χ1) is 8.58. The van der Waals surface area contributed by atoms with Gasteiger partial charge >= 0.3 is 0 Å². The van der Waals surface area contributed by atoms with E-state index in [2.05, 4.69) is 5.10 Å². The summed E-state index contributed by atoms with van der Waals surface area (Å²) in [6.45, 7) is 0.997. The van der Waals surface area contributed by atoms with Crippen LogP contribution in [-0.2, 0) is 16.5 Å². The Bertz CT molecular complexity index is 414. The van der Waals surface area contributed by atoms with Crippen LogP contribution in [0.1, 0.15) is 10.5 Å². The van der Waals surface area contributed by atoms with Crippen LogP contribution in [0.3, 0.4) is 0 Å². The van der Waals surface area contributed by atoms with E-state index in [0.29, 0.717) is 24.5 Å². The zero-order valence-corrected chi connectivity index (χ0v) is 10.8. The normalized spacial score (nSPS) is 23.6. The van der Waals surface area contributed by atoms with Gasteiger partial charge in [-0.25, -0.2) is 0 Å². The van der Waals surface area contributed by atoms with E-state index in [4.69, 9.17) is 15.2 Å². The highest BCUT2D eigenvalue weighted by molar-refractivity contribution is 5.97. The molecule has 0 bridgehead atoms. The van der Waals surface area contributed by atoms with Crippen LogP contribution >= 0.6 is 0 Å². The lowest BCUT2D eigenvalue weighted by molar-refractivity contribution is -0.00461. The third kappa shape index (κ3) is 2.06. The van der Waals surface area contributed by atoms with Gasteiger partial charge in [0.15, 0.2) is 0 Å². The Kier molecular flexibility index (Phi) is 3.53. The molecule has 100 valence electrons. The van der Waals surface area contributed by atoms with Gasteiger partial charge in [-0.3, -0.25) is 9.48 Å². The van der Waals surface area contributed by atoms with Crippen molar-refractivity contribution in [1.82, 2.24) is 14.7 Å². The van der Waals surface area contributed by atoms with Crippen molar-refractivity contribution in [3.8, 4) is 0 Å². The van der Waals surface area contributed by atoms with E-state index < -0.39 is 0 Å². The predicted molar refractivity (Wildman–Crippen MR) is 65.1 cm³/mol. The molecule has 0 radical (unpaired) electrons. The van der Waals surface area contributed by atoms with Gasteiger partial charge in [-0.15, -0.1) is 0 Å². The Morgan fingerprint density at radius 3 is 2.33 bits per heavy atom. The molecule has 1 aliphatic heterocycles. The van der Waals surface area contributed by atoms with E-state index in [-0.39, 0.29) is 18.1 Å². The summed E-state index contributed by atoms with van der Waals surface area (Å²) >= 11 is 0. The van der Waals surface area contributed by atoms with E-state index in [1.54, 1.807) is 26.2 Å². The molecule has 1 aromatic rings. The zero-order chi connectivity index (χ0) is 13.3. The number of amides is 1. The van der Waals surface area contributed by atoms with Crippen LogP contribution in [0.2, 0.25) is 0 Å². The number of methoxy groups -OCH3 is 2. The second-order valence-electron chi connectivity index (χ2n) is 4.33. The van der Waals surface area contributed by atoms with Gasteiger partial charge in [0.25, 0.3) is 5.91 Å². The summed E-state index contributed by atoms with van der Waals surface area (Å²) < 4.78 is 12.1. The summed E-state index contributed by atoms with van der Waals surface area (Å²) in [6.07, 6.45) is 1.27. The maximum atomic E-state index is 12.3. The second kappa shape index (κ2) is 4.95. The van der Waals surface area contributed by atoms with Gasteiger partial charge in [0.05, 0.1) is 11.9 Å². The smallest absolute Gasteiger partial charge is 0.274 e. The van der Waals surface area contributed by atoms with Crippen LogP contribution in [0.15, 0.2) is 6.20 Å². The number of aryl methyl sites for hydroxylation is 1. The fourth-order valence-corrected chi connectivity index (χ4v) is 2.23. The number of hydrogen-bond donors (Lipinski definition) is 1. The first-order valence-electron chi connectivity index (χ1n) is 5.70. The molecule has 7 heteroatoms. The third-order valence-electron chi connectivity index (χ3n) is 3.28. The standard InChI is InChI=1S/C11H18N4O3/c1-14-10(7(12)4-13-14)11(16)15-5-8(17-2)9(6-15)18-3/h4,8-9H,5-6,12H2,1-3H3. The van der Waals surface area contributed by atoms with Gasteiger partial charge in [0.2, 0.25) is 0 Å². The number of carbonyl (C=O) groups is 1. The number of nitrogen functional groups attached to an aromatic ring is 1. The monoisotopic (exact) mass is 254 g/mol. The number of carbonyl (C=O) groups excluding carboxylic acids is 1. The van der Waals surface area contributed by atoms with Gasteiger partial charge in [-0.1, -0.05) is 0 Å². The molecular formula is C11H18N4O3. The summed E-state index contributed by atoms with van der Waals surface area (Å²) in [5.74, 6) is -0.144. The van der Waals surface area contributed by atoms with Crippen LogP contribution in [0.25, 0.3) is 0 Å². The molecule has 2 unspecified atom stereocenters. The molecule has 0 aromatic carbocycles. The minimum atomic E-state index is -0.144. The summed E-state index contributed by atoms with van der Waals surface area (Å²) in [5, 5.41) is 3.97. The summed E-state index contributed by atoms with van der Waals surface area (Å²) in [7, 11) is 4.92. The van der Waals surface area contributed by atoms with Crippen molar-refractivity contribution in [2.45, 2.75) is 12.2 Å².